The van der Waals surface area contributed by atoms with E-state index in [-0.39, 0.29) is 11.2 Å². The summed E-state index contributed by atoms with van der Waals surface area (Å²) in [5.74, 6) is 0.454. The Hall–Kier alpha value is -2.68. The number of thioether (sulfide) groups is 1. The number of rotatable bonds is 7. The van der Waals surface area contributed by atoms with Crippen LogP contribution in [0.5, 0.6) is 5.75 Å². The van der Waals surface area contributed by atoms with Crippen molar-refractivity contribution in [1.82, 2.24) is 25.0 Å². The van der Waals surface area contributed by atoms with E-state index in [1.54, 1.807) is 18.7 Å². The van der Waals surface area contributed by atoms with Crippen LogP contribution in [-0.4, -0.2) is 49.9 Å². The van der Waals surface area contributed by atoms with Crippen LogP contribution in [0.2, 0.25) is 0 Å². The molecule has 0 bridgehead atoms. The summed E-state index contributed by atoms with van der Waals surface area (Å²) in [5.41, 5.74) is 1.89. The van der Waals surface area contributed by atoms with E-state index in [1.807, 2.05) is 31.2 Å². The van der Waals surface area contributed by atoms with Crippen molar-refractivity contribution < 1.29 is 14.3 Å². The van der Waals surface area contributed by atoms with Crippen molar-refractivity contribution in [3.05, 3.63) is 30.6 Å². The minimum Gasteiger partial charge on any atom is -0.497 e. The SMILES string of the molecule is CCOC(=O)C(CC)Sc1ncnc2c1nnn2-c1cccc(OC)c1. The van der Waals surface area contributed by atoms with Crippen molar-refractivity contribution in [2.45, 2.75) is 30.5 Å². The molecule has 0 spiro atoms. The first-order chi connectivity index (χ1) is 12.7. The highest BCUT2D eigenvalue weighted by molar-refractivity contribution is 8.00. The zero-order chi connectivity index (χ0) is 18.5. The quantitative estimate of drug-likeness (QED) is 0.355. The van der Waals surface area contributed by atoms with E-state index in [0.717, 1.165) is 5.69 Å². The number of nitrogens with zero attached hydrogens (tertiary/aromatic N) is 5. The average Bonchev–Trinajstić information content (AvgIpc) is 3.11. The van der Waals surface area contributed by atoms with E-state index < -0.39 is 0 Å². The molecule has 0 N–H and O–H groups in total. The Bertz CT molecular complexity index is 914. The molecule has 0 saturated heterocycles. The first-order valence-electron chi connectivity index (χ1n) is 8.22. The lowest BCUT2D eigenvalue weighted by molar-refractivity contribution is -0.142. The van der Waals surface area contributed by atoms with Crippen molar-refractivity contribution >= 4 is 28.9 Å². The Kier molecular flexibility index (Phi) is 5.67. The molecule has 0 aliphatic carbocycles. The molecule has 0 amide bonds. The van der Waals surface area contributed by atoms with Crippen molar-refractivity contribution in [3.8, 4) is 11.4 Å². The molecule has 0 aliphatic rings. The fourth-order valence-electron chi connectivity index (χ4n) is 2.40. The zero-order valence-electron chi connectivity index (χ0n) is 14.7. The third kappa shape index (κ3) is 3.62. The molecule has 9 heteroatoms. The Labute approximate surface area is 154 Å². The molecule has 0 saturated carbocycles. The lowest BCUT2D eigenvalue weighted by atomic mass is 10.3. The van der Waals surface area contributed by atoms with Crippen LogP contribution in [0.15, 0.2) is 35.6 Å². The number of carbonyl (C=O) groups is 1. The van der Waals surface area contributed by atoms with Crippen molar-refractivity contribution in [2.24, 2.45) is 0 Å². The molecule has 3 rings (SSSR count). The maximum atomic E-state index is 12.1. The molecule has 136 valence electrons. The molecule has 1 atom stereocenters. The van der Waals surface area contributed by atoms with Crippen LogP contribution in [-0.2, 0) is 9.53 Å². The van der Waals surface area contributed by atoms with Gasteiger partial charge in [-0.05, 0) is 25.5 Å². The summed E-state index contributed by atoms with van der Waals surface area (Å²) in [7, 11) is 1.61. The zero-order valence-corrected chi connectivity index (χ0v) is 15.6. The first kappa shape index (κ1) is 18.1. The topological polar surface area (TPSA) is 92.0 Å². The second kappa shape index (κ2) is 8.13. The molecule has 0 radical (unpaired) electrons. The van der Waals surface area contributed by atoms with Crippen LogP contribution >= 0.6 is 11.8 Å². The lowest BCUT2D eigenvalue weighted by Gasteiger charge is -2.12. The molecular formula is C17H19N5O3S. The maximum absolute atomic E-state index is 12.1. The van der Waals surface area contributed by atoms with Gasteiger partial charge in [-0.3, -0.25) is 4.79 Å². The van der Waals surface area contributed by atoms with Gasteiger partial charge in [0.25, 0.3) is 0 Å². The molecule has 3 aromatic rings. The van der Waals surface area contributed by atoms with E-state index in [4.69, 9.17) is 9.47 Å². The number of esters is 1. The molecule has 2 heterocycles. The van der Waals surface area contributed by atoms with Gasteiger partial charge in [-0.2, -0.15) is 4.68 Å². The summed E-state index contributed by atoms with van der Waals surface area (Å²) in [6.07, 6.45) is 2.07. The predicted molar refractivity (Wildman–Crippen MR) is 97.6 cm³/mol. The second-order valence-electron chi connectivity index (χ2n) is 5.32. The molecule has 8 nitrogen and oxygen atoms in total. The van der Waals surface area contributed by atoms with Crippen LogP contribution in [0.25, 0.3) is 16.9 Å². The van der Waals surface area contributed by atoms with Crippen LogP contribution in [0.4, 0.5) is 0 Å². The predicted octanol–water partition coefficient (Wildman–Crippen LogP) is 2.65. The molecule has 0 fully saturated rings. The molecule has 1 aromatic carbocycles. The van der Waals surface area contributed by atoms with E-state index in [0.29, 0.717) is 35.0 Å². The Morgan fingerprint density at radius 1 is 1.31 bits per heavy atom. The maximum Gasteiger partial charge on any atom is 0.319 e. The largest absolute Gasteiger partial charge is 0.497 e. The molecule has 26 heavy (non-hydrogen) atoms. The Morgan fingerprint density at radius 3 is 2.88 bits per heavy atom. The smallest absolute Gasteiger partial charge is 0.319 e. The van der Waals surface area contributed by atoms with Gasteiger partial charge < -0.3 is 9.47 Å². The third-order valence-electron chi connectivity index (χ3n) is 3.68. The third-order valence-corrected chi connectivity index (χ3v) is 5.01. The number of methoxy groups -OCH3 is 1. The fourth-order valence-corrected chi connectivity index (χ4v) is 3.35. The van der Waals surface area contributed by atoms with Crippen molar-refractivity contribution in [1.29, 1.82) is 0 Å². The van der Waals surface area contributed by atoms with Crippen LogP contribution in [0.1, 0.15) is 20.3 Å². The van der Waals surface area contributed by atoms with Crippen molar-refractivity contribution in [3.63, 3.8) is 0 Å². The number of ether oxygens (including phenoxy) is 2. The number of hydrogen-bond donors (Lipinski definition) is 0. The minimum absolute atomic E-state index is 0.257. The summed E-state index contributed by atoms with van der Waals surface area (Å²) in [4.78, 5) is 20.7. The summed E-state index contributed by atoms with van der Waals surface area (Å²) in [6.45, 7) is 4.07. The molecular weight excluding hydrogens is 354 g/mol. The van der Waals surface area contributed by atoms with E-state index in [2.05, 4.69) is 20.3 Å². The van der Waals surface area contributed by atoms with E-state index >= 15 is 0 Å². The second-order valence-corrected chi connectivity index (χ2v) is 6.51. The van der Waals surface area contributed by atoms with Gasteiger partial charge in [-0.25, -0.2) is 9.97 Å². The van der Waals surface area contributed by atoms with E-state index in [9.17, 15) is 4.79 Å². The minimum atomic E-state index is -0.352. The highest BCUT2D eigenvalue weighted by Crippen LogP contribution is 2.29. The highest BCUT2D eigenvalue weighted by atomic mass is 32.2. The fraction of sp³-hybridized carbons (Fsp3) is 0.353. The summed E-state index contributed by atoms with van der Waals surface area (Å²) in [5, 5.41) is 8.66. The summed E-state index contributed by atoms with van der Waals surface area (Å²) >= 11 is 1.32. The number of carbonyl (C=O) groups excluding carboxylic acids is 1. The van der Waals surface area contributed by atoms with Crippen molar-refractivity contribution in [2.75, 3.05) is 13.7 Å². The summed E-state index contributed by atoms with van der Waals surface area (Å²) in [6, 6.07) is 7.45. The number of aromatic nitrogens is 5. The molecule has 2 aromatic heterocycles. The Morgan fingerprint density at radius 2 is 2.15 bits per heavy atom. The standard InChI is InChI=1S/C17H19N5O3S/c1-4-13(17(23)25-5-2)26-16-14-15(18-10-19-16)22(21-20-14)11-7-6-8-12(9-11)24-3/h6-10,13H,4-5H2,1-3H3. The van der Waals surface area contributed by atoms with Gasteiger partial charge >= 0.3 is 5.97 Å². The normalized spacial score (nSPS) is 12.1. The molecule has 0 aliphatic heterocycles. The number of fused-ring (bicyclic) bond motifs is 1. The monoisotopic (exact) mass is 373 g/mol. The number of benzene rings is 1. The van der Waals surface area contributed by atoms with Gasteiger partial charge in [-0.15, -0.1) is 5.10 Å². The van der Waals surface area contributed by atoms with Gasteiger partial charge in [0.1, 0.15) is 22.4 Å². The summed E-state index contributed by atoms with van der Waals surface area (Å²) < 4.78 is 12.0. The average molecular weight is 373 g/mol. The van der Waals surface area contributed by atoms with Gasteiger partial charge in [0, 0.05) is 6.07 Å². The van der Waals surface area contributed by atoms with Crippen LogP contribution < -0.4 is 4.74 Å². The van der Waals surface area contributed by atoms with Gasteiger partial charge in [0.2, 0.25) is 0 Å². The van der Waals surface area contributed by atoms with Crippen LogP contribution in [0, 0.1) is 0 Å². The molecule has 1 unspecified atom stereocenters. The Balaban J connectivity index is 1.97. The highest BCUT2D eigenvalue weighted by Gasteiger charge is 2.23. The first-order valence-corrected chi connectivity index (χ1v) is 9.10. The van der Waals surface area contributed by atoms with Crippen LogP contribution in [0.3, 0.4) is 0 Å². The van der Waals surface area contributed by atoms with Gasteiger partial charge in [0.05, 0.1) is 19.4 Å². The van der Waals surface area contributed by atoms with E-state index in [1.165, 1.54) is 18.1 Å². The lowest BCUT2D eigenvalue weighted by Crippen LogP contribution is -2.19. The van der Waals surface area contributed by atoms with Gasteiger partial charge in [0.15, 0.2) is 11.2 Å². The van der Waals surface area contributed by atoms with Gasteiger partial charge in [-0.1, -0.05) is 30.0 Å². The number of hydrogen-bond acceptors (Lipinski definition) is 8.